The van der Waals surface area contributed by atoms with Gasteiger partial charge in [-0.15, -0.1) is 0 Å². The van der Waals surface area contributed by atoms with Crippen LogP contribution >= 0.6 is 0 Å². The highest BCUT2D eigenvalue weighted by molar-refractivity contribution is 5.84. The molecular formula is C15H23NO2. The van der Waals surface area contributed by atoms with E-state index in [1.165, 1.54) is 5.56 Å². The zero-order valence-corrected chi connectivity index (χ0v) is 11.7. The van der Waals surface area contributed by atoms with Crippen molar-refractivity contribution in [3.8, 4) is 0 Å². The zero-order chi connectivity index (χ0) is 13.5. The van der Waals surface area contributed by atoms with Crippen LogP contribution in [0, 0.1) is 6.92 Å². The minimum Gasteiger partial charge on any atom is -0.383 e. The first-order valence-electron chi connectivity index (χ1n) is 6.45. The highest BCUT2D eigenvalue weighted by Gasteiger charge is 2.21. The van der Waals surface area contributed by atoms with E-state index in [-0.39, 0.29) is 17.9 Å². The third kappa shape index (κ3) is 3.84. The number of carbonyl (C=O) groups excluding carboxylic acids is 1. The van der Waals surface area contributed by atoms with E-state index in [4.69, 9.17) is 4.74 Å². The summed E-state index contributed by atoms with van der Waals surface area (Å²) in [5.41, 5.74) is 2.28. The van der Waals surface area contributed by atoms with Gasteiger partial charge in [0.05, 0.1) is 12.5 Å². The van der Waals surface area contributed by atoms with Gasteiger partial charge in [0.25, 0.3) is 0 Å². The number of methoxy groups -OCH3 is 1. The van der Waals surface area contributed by atoms with E-state index in [0.29, 0.717) is 6.61 Å². The second-order valence-corrected chi connectivity index (χ2v) is 4.68. The molecule has 3 heteroatoms. The summed E-state index contributed by atoms with van der Waals surface area (Å²) >= 11 is 0. The van der Waals surface area contributed by atoms with Gasteiger partial charge in [0, 0.05) is 13.2 Å². The van der Waals surface area contributed by atoms with Crippen molar-refractivity contribution in [2.24, 2.45) is 0 Å². The minimum absolute atomic E-state index is 0.0422. The SMILES string of the molecule is CCC(C(=O)NC(C)COC)c1ccccc1C. The Hall–Kier alpha value is -1.35. The van der Waals surface area contributed by atoms with Crippen molar-refractivity contribution in [3.05, 3.63) is 35.4 Å². The summed E-state index contributed by atoms with van der Waals surface area (Å²) in [6.45, 7) is 6.57. The van der Waals surface area contributed by atoms with Crippen LogP contribution in [-0.4, -0.2) is 25.7 Å². The van der Waals surface area contributed by atoms with Gasteiger partial charge in [0.1, 0.15) is 0 Å². The van der Waals surface area contributed by atoms with Crippen molar-refractivity contribution < 1.29 is 9.53 Å². The number of benzene rings is 1. The van der Waals surface area contributed by atoms with Gasteiger partial charge < -0.3 is 10.1 Å². The average molecular weight is 249 g/mol. The van der Waals surface area contributed by atoms with Crippen molar-refractivity contribution >= 4 is 5.91 Å². The Balaban J connectivity index is 2.78. The topological polar surface area (TPSA) is 38.3 Å². The first-order valence-corrected chi connectivity index (χ1v) is 6.45. The van der Waals surface area contributed by atoms with Crippen LogP contribution in [0.3, 0.4) is 0 Å². The molecule has 0 saturated heterocycles. The van der Waals surface area contributed by atoms with Crippen molar-refractivity contribution in [3.63, 3.8) is 0 Å². The Morgan fingerprint density at radius 3 is 2.61 bits per heavy atom. The lowest BCUT2D eigenvalue weighted by Gasteiger charge is -2.20. The van der Waals surface area contributed by atoms with Crippen LogP contribution in [0.2, 0.25) is 0 Å². The average Bonchev–Trinajstić information content (AvgIpc) is 2.32. The van der Waals surface area contributed by atoms with Crippen LogP contribution in [0.4, 0.5) is 0 Å². The molecule has 0 radical (unpaired) electrons. The largest absolute Gasteiger partial charge is 0.383 e. The molecule has 1 N–H and O–H groups in total. The number of ether oxygens (including phenoxy) is 1. The molecule has 0 aliphatic rings. The molecule has 2 unspecified atom stereocenters. The number of rotatable bonds is 6. The molecule has 2 atom stereocenters. The summed E-state index contributed by atoms with van der Waals surface area (Å²) in [6.07, 6.45) is 0.802. The molecule has 1 amide bonds. The molecule has 0 spiro atoms. The summed E-state index contributed by atoms with van der Waals surface area (Å²) in [5, 5.41) is 2.99. The van der Waals surface area contributed by atoms with Crippen molar-refractivity contribution in [2.45, 2.75) is 39.2 Å². The number of nitrogens with one attached hydrogen (secondary N) is 1. The highest BCUT2D eigenvalue weighted by Crippen LogP contribution is 2.23. The molecule has 1 aromatic rings. The van der Waals surface area contributed by atoms with Crippen LogP contribution in [0.5, 0.6) is 0 Å². The first kappa shape index (κ1) is 14.7. The quantitative estimate of drug-likeness (QED) is 0.841. The Morgan fingerprint density at radius 1 is 1.39 bits per heavy atom. The predicted molar refractivity (Wildman–Crippen MR) is 73.7 cm³/mol. The van der Waals surface area contributed by atoms with Crippen molar-refractivity contribution in [1.82, 2.24) is 5.32 Å². The summed E-state index contributed by atoms with van der Waals surface area (Å²) in [4.78, 5) is 12.2. The minimum atomic E-state index is -0.0782. The molecule has 1 aromatic carbocycles. The maximum absolute atomic E-state index is 12.2. The molecule has 100 valence electrons. The molecule has 0 fully saturated rings. The molecule has 3 nitrogen and oxygen atoms in total. The Kier molecular flexibility index (Phi) is 5.86. The normalized spacial score (nSPS) is 14.0. The fraction of sp³-hybridized carbons (Fsp3) is 0.533. The third-order valence-electron chi connectivity index (χ3n) is 3.09. The molecular weight excluding hydrogens is 226 g/mol. The van der Waals surface area contributed by atoms with E-state index in [0.717, 1.165) is 12.0 Å². The Labute approximate surface area is 110 Å². The predicted octanol–water partition coefficient (Wildman–Crippen LogP) is 2.64. The van der Waals surface area contributed by atoms with Crippen LogP contribution in [0.25, 0.3) is 0 Å². The number of aryl methyl sites for hydroxylation is 1. The van der Waals surface area contributed by atoms with Gasteiger partial charge in [-0.3, -0.25) is 4.79 Å². The van der Waals surface area contributed by atoms with Crippen LogP contribution in [-0.2, 0) is 9.53 Å². The monoisotopic (exact) mass is 249 g/mol. The van der Waals surface area contributed by atoms with Gasteiger partial charge in [-0.25, -0.2) is 0 Å². The second kappa shape index (κ2) is 7.17. The number of hydrogen-bond donors (Lipinski definition) is 1. The van der Waals surface area contributed by atoms with E-state index in [1.807, 2.05) is 45.0 Å². The molecule has 0 bridgehead atoms. The summed E-state index contributed by atoms with van der Waals surface area (Å²) in [7, 11) is 1.64. The maximum Gasteiger partial charge on any atom is 0.227 e. The molecule has 0 aliphatic heterocycles. The first-order chi connectivity index (χ1) is 8.60. The Morgan fingerprint density at radius 2 is 2.06 bits per heavy atom. The van der Waals surface area contributed by atoms with Gasteiger partial charge >= 0.3 is 0 Å². The van der Waals surface area contributed by atoms with Gasteiger partial charge in [0.2, 0.25) is 5.91 Å². The lowest BCUT2D eigenvalue weighted by Crippen LogP contribution is -2.38. The molecule has 0 aromatic heterocycles. The van der Waals surface area contributed by atoms with Gasteiger partial charge in [-0.05, 0) is 31.4 Å². The fourth-order valence-corrected chi connectivity index (χ4v) is 2.16. The van der Waals surface area contributed by atoms with Crippen molar-refractivity contribution in [1.29, 1.82) is 0 Å². The molecule has 0 aliphatic carbocycles. The van der Waals surface area contributed by atoms with Crippen LogP contribution in [0.15, 0.2) is 24.3 Å². The van der Waals surface area contributed by atoms with Crippen LogP contribution < -0.4 is 5.32 Å². The van der Waals surface area contributed by atoms with E-state index >= 15 is 0 Å². The Bertz CT molecular complexity index is 390. The summed E-state index contributed by atoms with van der Waals surface area (Å²) in [6, 6.07) is 8.10. The maximum atomic E-state index is 12.2. The fourth-order valence-electron chi connectivity index (χ4n) is 2.16. The highest BCUT2D eigenvalue weighted by atomic mass is 16.5. The smallest absolute Gasteiger partial charge is 0.227 e. The van der Waals surface area contributed by atoms with E-state index in [9.17, 15) is 4.79 Å². The number of hydrogen-bond acceptors (Lipinski definition) is 2. The third-order valence-corrected chi connectivity index (χ3v) is 3.09. The zero-order valence-electron chi connectivity index (χ0n) is 11.7. The van der Waals surface area contributed by atoms with Crippen molar-refractivity contribution in [2.75, 3.05) is 13.7 Å². The number of amides is 1. The summed E-state index contributed by atoms with van der Waals surface area (Å²) in [5.74, 6) is 0.00172. The van der Waals surface area contributed by atoms with E-state index < -0.39 is 0 Å². The van der Waals surface area contributed by atoms with E-state index in [2.05, 4.69) is 5.32 Å². The molecule has 0 heterocycles. The molecule has 1 rings (SSSR count). The van der Waals surface area contributed by atoms with Crippen LogP contribution in [0.1, 0.15) is 37.3 Å². The molecule has 18 heavy (non-hydrogen) atoms. The standard InChI is InChI=1S/C15H23NO2/c1-5-13(14-9-7-6-8-11(14)2)15(17)16-12(3)10-18-4/h6-9,12-13H,5,10H2,1-4H3,(H,16,17). The van der Waals surface area contributed by atoms with E-state index in [1.54, 1.807) is 7.11 Å². The number of carbonyl (C=O) groups is 1. The lowest BCUT2D eigenvalue weighted by atomic mass is 9.92. The van der Waals surface area contributed by atoms with Gasteiger partial charge in [-0.1, -0.05) is 31.2 Å². The summed E-state index contributed by atoms with van der Waals surface area (Å²) < 4.78 is 5.03. The molecule has 0 saturated carbocycles. The van der Waals surface area contributed by atoms with Gasteiger partial charge in [-0.2, -0.15) is 0 Å². The lowest BCUT2D eigenvalue weighted by molar-refractivity contribution is -0.123. The second-order valence-electron chi connectivity index (χ2n) is 4.68. The van der Waals surface area contributed by atoms with Gasteiger partial charge in [0.15, 0.2) is 0 Å².